The lowest BCUT2D eigenvalue weighted by Crippen LogP contribution is -2.19. The van der Waals surface area contributed by atoms with E-state index in [4.69, 9.17) is 11.6 Å². The summed E-state index contributed by atoms with van der Waals surface area (Å²) < 4.78 is 0. The number of rotatable bonds is 4. The lowest BCUT2D eigenvalue weighted by atomic mass is 9.90. The molecule has 50 heavy (non-hydrogen) atoms. The standard InChI is InChI=1S/C48H34N2/c1-33-41-23-11-8-15-34(41)22-14-28-50(46-27-26-35-16-9-13-25-43(35)48(33)46)47-32-39(29-38-21-10-12-24-42(38)47)40-30-44(36-17-4-2-5-18-36)49-45(31-40)37-19-6-3-7-20-37/h2-27,29-32H,1,28H2/b22-14-. The maximum atomic E-state index is 5.16. The Bertz CT molecular complexity index is 2520. The number of hydrogen-bond donors (Lipinski definition) is 0. The Morgan fingerprint density at radius 2 is 1.08 bits per heavy atom. The van der Waals surface area contributed by atoms with Crippen LogP contribution in [-0.2, 0) is 0 Å². The summed E-state index contributed by atoms with van der Waals surface area (Å²) in [7, 11) is 0. The Morgan fingerprint density at radius 1 is 0.480 bits per heavy atom. The maximum absolute atomic E-state index is 5.16. The fourth-order valence-corrected chi connectivity index (χ4v) is 7.36. The second-order valence-corrected chi connectivity index (χ2v) is 12.8. The molecule has 0 atom stereocenters. The van der Waals surface area contributed by atoms with E-state index in [0.717, 1.165) is 61.7 Å². The van der Waals surface area contributed by atoms with Crippen molar-refractivity contribution < 1.29 is 0 Å². The van der Waals surface area contributed by atoms with Crippen molar-refractivity contribution in [3.05, 3.63) is 199 Å². The summed E-state index contributed by atoms with van der Waals surface area (Å²) in [6.07, 6.45) is 4.53. The van der Waals surface area contributed by atoms with Crippen molar-refractivity contribution in [1.82, 2.24) is 4.98 Å². The van der Waals surface area contributed by atoms with Crippen LogP contribution < -0.4 is 4.90 Å². The molecule has 2 heterocycles. The van der Waals surface area contributed by atoms with Crippen LogP contribution in [0.5, 0.6) is 0 Å². The number of aromatic nitrogens is 1. The van der Waals surface area contributed by atoms with Gasteiger partial charge in [0.15, 0.2) is 0 Å². The molecule has 0 unspecified atom stereocenters. The fraction of sp³-hybridized carbons (Fsp3) is 0.0208. The molecule has 0 N–H and O–H groups in total. The van der Waals surface area contributed by atoms with Crippen molar-refractivity contribution >= 4 is 44.6 Å². The Labute approximate surface area is 292 Å². The van der Waals surface area contributed by atoms with Gasteiger partial charge in [0, 0.05) is 40.0 Å². The average molecular weight is 639 g/mol. The van der Waals surface area contributed by atoms with E-state index >= 15 is 0 Å². The third-order valence-corrected chi connectivity index (χ3v) is 9.80. The van der Waals surface area contributed by atoms with E-state index in [9.17, 15) is 0 Å². The summed E-state index contributed by atoms with van der Waals surface area (Å²) in [5.41, 5.74) is 13.2. The molecule has 0 aliphatic carbocycles. The van der Waals surface area contributed by atoms with E-state index in [1.54, 1.807) is 0 Å². The van der Waals surface area contributed by atoms with Gasteiger partial charge in [0.2, 0.25) is 0 Å². The van der Waals surface area contributed by atoms with E-state index in [1.807, 2.05) is 0 Å². The number of anilines is 2. The largest absolute Gasteiger partial charge is 0.337 e. The highest BCUT2D eigenvalue weighted by Gasteiger charge is 2.23. The van der Waals surface area contributed by atoms with E-state index in [1.165, 1.54) is 27.1 Å². The van der Waals surface area contributed by atoms with Gasteiger partial charge >= 0.3 is 0 Å². The van der Waals surface area contributed by atoms with E-state index in [2.05, 4.69) is 187 Å². The zero-order valence-corrected chi connectivity index (χ0v) is 27.6. The smallest absolute Gasteiger partial charge is 0.0715 e. The van der Waals surface area contributed by atoms with Gasteiger partial charge in [-0.1, -0.05) is 158 Å². The van der Waals surface area contributed by atoms with Gasteiger partial charge in [-0.25, -0.2) is 4.98 Å². The minimum atomic E-state index is 0.696. The highest BCUT2D eigenvalue weighted by molar-refractivity contribution is 6.07. The summed E-state index contributed by atoms with van der Waals surface area (Å²) >= 11 is 0. The third kappa shape index (κ3) is 5.28. The predicted octanol–water partition coefficient (Wildman–Crippen LogP) is 12.6. The van der Waals surface area contributed by atoms with Crippen molar-refractivity contribution in [3.8, 4) is 33.6 Å². The van der Waals surface area contributed by atoms with Crippen LogP contribution in [0.3, 0.4) is 0 Å². The van der Waals surface area contributed by atoms with Crippen molar-refractivity contribution in [3.63, 3.8) is 0 Å². The van der Waals surface area contributed by atoms with Crippen LogP contribution >= 0.6 is 0 Å². The summed E-state index contributed by atoms with van der Waals surface area (Å²) in [5.74, 6) is 0. The Morgan fingerprint density at radius 3 is 1.82 bits per heavy atom. The molecule has 2 heteroatoms. The second kappa shape index (κ2) is 12.5. The minimum Gasteiger partial charge on any atom is -0.337 e. The molecule has 0 amide bonds. The molecular weight excluding hydrogens is 605 g/mol. The van der Waals surface area contributed by atoms with Gasteiger partial charge < -0.3 is 4.90 Å². The Kier molecular flexibility index (Phi) is 7.40. The van der Waals surface area contributed by atoms with Gasteiger partial charge in [-0.3, -0.25) is 0 Å². The predicted molar refractivity (Wildman–Crippen MR) is 213 cm³/mol. The number of fused-ring (bicyclic) bond motifs is 5. The zero-order chi connectivity index (χ0) is 33.4. The molecule has 0 spiro atoms. The van der Waals surface area contributed by atoms with Gasteiger partial charge in [0.25, 0.3) is 0 Å². The molecule has 236 valence electrons. The van der Waals surface area contributed by atoms with Gasteiger partial charge in [0.1, 0.15) is 0 Å². The van der Waals surface area contributed by atoms with Gasteiger partial charge in [0.05, 0.1) is 11.4 Å². The van der Waals surface area contributed by atoms with Gasteiger partial charge in [-0.15, -0.1) is 0 Å². The van der Waals surface area contributed by atoms with Crippen molar-refractivity contribution in [2.45, 2.75) is 0 Å². The second-order valence-electron chi connectivity index (χ2n) is 12.8. The summed E-state index contributed by atoms with van der Waals surface area (Å²) in [6, 6.07) is 60.6. The number of pyridine rings is 1. The van der Waals surface area contributed by atoms with Gasteiger partial charge in [-0.05, 0) is 74.3 Å². The monoisotopic (exact) mass is 638 g/mol. The first-order chi connectivity index (χ1) is 24.7. The van der Waals surface area contributed by atoms with E-state index < -0.39 is 0 Å². The topological polar surface area (TPSA) is 16.1 Å². The quantitative estimate of drug-likeness (QED) is 0.191. The molecule has 0 bridgehead atoms. The molecular formula is C48H34N2. The number of hydrogen-bond acceptors (Lipinski definition) is 2. The highest BCUT2D eigenvalue weighted by Crippen LogP contribution is 2.44. The molecule has 0 saturated carbocycles. The van der Waals surface area contributed by atoms with Crippen LogP contribution in [0.15, 0.2) is 183 Å². The first kappa shape index (κ1) is 29.6. The lowest BCUT2D eigenvalue weighted by Gasteiger charge is -2.29. The molecule has 1 aliphatic heterocycles. The minimum absolute atomic E-state index is 0.696. The molecule has 8 aromatic rings. The molecule has 9 rings (SSSR count). The SMILES string of the molecule is C=C1c2ccccc2/C=C\CN(c2cc(-c3cc(-c4ccccc4)nc(-c4ccccc4)c3)cc3ccccc23)c2ccc3ccccc3c21. The summed E-state index contributed by atoms with van der Waals surface area (Å²) in [4.78, 5) is 7.64. The maximum Gasteiger partial charge on any atom is 0.0715 e. The zero-order valence-electron chi connectivity index (χ0n) is 27.6. The summed E-state index contributed by atoms with van der Waals surface area (Å²) in [5, 5.41) is 4.79. The molecule has 2 nitrogen and oxygen atoms in total. The Hall–Kier alpha value is -6.51. The van der Waals surface area contributed by atoms with Crippen molar-refractivity contribution in [2.75, 3.05) is 11.4 Å². The third-order valence-electron chi connectivity index (χ3n) is 9.80. The van der Waals surface area contributed by atoms with Crippen molar-refractivity contribution in [2.24, 2.45) is 0 Å². The van der Waals surface area contributed by atoms with E-state index in [0.29, 0.717) is 6.54 Å². The lowest BCUT2D eigenvalue weighted by molar-refractivity contribution is 1.11. The highest BCUT2D eigenvalue weighted by atomic mass is 15.1. The van der Waals surface area contributed by atoms with Crippen LogP contribution in [0.25, 0.3) is 66.8 Å². The van der Waals surface area contributed by atoms with Crippen LogP contribution in [0, 0.1) is 0 Å². The number of benzene rings is 7. The van der Waals surface area contributed by atoms with Crippen molar-refractivity contribution in [1.29, 1.82) is 0 Å². The average Bonchev–Trinajstić information content (AvgIpc) is 3.25. The van der Waals surface area contributed by atoms with E-state index in [-0.39, 0.29) is 0 Å². The normalized spacial score (nSPS) is 13.3. The van der Waals surface area contributed by atoms with Crippen LogP contribution in [0.4, 0.5) is 11.4 Å². The van der Waals surface area contributed by atoms with Crippen LogP contribution in [-0.4, -0.2) is 11.5 Å². The molecule has 0 saturated heterocycles. The van der Waals surface area contributed by atoms with Gasteiger partial charge in [-0.2, -0.15) is 0 Å². The van der Waals surface area contributed by atoms with Crippen LogP contribution in [0.1, 0.15) is 16.7 Å². The van der Waals surface area contributed by atoms with Crippen LogP contribution in [0.2, 0.25) is 0 Å². The first-order valence-corrected chi connectivity index (χ1v) is 17.1. The fourth-order valence-electron chi connectivity index (χ4n) is 7.36. The first-order valence-electron chi connectivity index (χ1n) is 17.1. The summed E-state index contributed by atoms with van der Waals surface area (Å²) in [6.45, 7) is 5.45. The molecule has 7 aromatic carbocycles. The molecule has 0 fully saturated rings. The molecule has 1 aromatic heterocycles. The molecule has 1 aliphatic rings. The number of nitrogens with zero attached hydrogens (tertiary/aromatic N) is 2. The Balaban J connectivity index is 1.30. The molecule has 0 radical (unpaired) electrons.